The van der Waals surface area contributed by atoms with Gasteiger partial charge in [0.25, 0.3) is 0 Å². The molecule has 1 saturated heterocycles. The van der Waals surface area contributed by atoms with E-state index in [0.29, 0.717) is 18.3 Å². The lowest BCUT2D eigenvalue weighted by atomic mass is 9.93. The number of aliphatic imine (C=N–C) groups is 1. The van der Waals surface area contributed by atoms with Crippen molar-refractivity contribution in [3.8, 4) is 0 Å². The predicted molar refractivity (Wildman–Crippen MR) is 88.4 cm³/mol. The zero-order chi connectivity index (χ0) is 15.7. The first-order chi connectivity index (χ1) is 10.1. The van der Waals surface area contributed by atoms with E-state index in [2.05, 4.69) is 34.4 Å². The molecule has 0 saturated carbocycles. The molecule has 1 aliphatic rings. The maximum absolute atomic E-state index is 11.4. The number of rotatable bonds is 6. The van der Waals surface area contributed by atoms with E-state index in [9.17, 15) is 4.79 Å². The van der Waals surface area contributed by atoms with Gasteiger partial charge in [0.1, 0.15) is 0 Å². The highest BCUT2D eigenvalue weighted by molar-refractivity contribution is 5.80. The number of nitrogens with one attached hydrogen (secondary N) is 2. The van der Waals surface area contributed by atoms with Crippen LogP contribution in [0.2, 0.25) is 0 Å². The van der Waals surface area contributed by atoms with Gasteiger partial charge in [0.2, 0.25) is 5.91 Å². The van der Waals surface area contributed by atoms with Crippen molar-refractivity contribution in [1.29, 1.82) is 0 Å². The van der Waals surface area contributed by atoms with Gasteiger partial charge >= 0.3 is 0 Å². The molecule has 0 aliphatic carbocycles. The average Bonchev–Trinajstić information content (AvgIpc) is 2.53. The molecule has 0 unspecified atom stereocenters. The van der Waals surface area contributed by atoms with Gasteiger partial charge in [-0.05, 0) is 24.7 Å². The van der Waals surface area contributed by atoms with Gasteiger partial charge < -0.3 is 15.5 Å². The van der Waals surface area contributed by atoms with Gasteiger partial charge in [-0.1, -0.05) is 26.7 Å². The van der Waals surface area contributed by atoms with Crippen LogP contribution >= 0.6 is 0 Å². The fourth-order valence-corrected chi connectivity index (χ4v) is 2.86. The van der Waals surface area contributed by atoms with Gasteiger partial charge in [-0.3, -0.25) is 9.79 Å². The highest BCUT2D eigenvalue weighted by Gasteiger charge is 2.23. The van der Waals surface area contributed by atoms with Crippen molar-refractivity contribution in [3.63, 3.8) is 0 Å². The highest BCUT2D eigenvalue weighted by atomic mass is 16.1. The first-order valence-electron chi connectivity index (χ1n) is 8.30. The standard InChI is InChI=1S/C16H32N4O/c1-5-13(6-2)12-19-16(18-4)20-9-7-14(8-10-20)11-15(21)17-3/h13-14H,5-12H2,1-4H3,(H,17,21)(H,18,19). The third-order valence-electron chi connectivity index (χ3n) is 4.58. The number of hydrogen-bond donors (Lipinski definition) is 2. The molecule has 1 aliphatic heterocycles. The Morgan fingerprint density at radius 1 is 1.29 bits per heavy atom. The van der Waals surface area contributed by atoms with Crippen LogP contribution in [0.5, 0.6) is 0 Å². The summed E-state index contributed by atoms with van der Waals surface area (Å²) >= 11 is 0. The molecule has 1 amide bonds. The Morgan fingerprint density at radius 2 is 1.90 bits per heavy atom. The Kier molecular flexibility index (Phi) is 8.16. The highest BCUT2D eigenvalue weighted by Crippen LogP contribution is 2.20. The molecule has 5 heteroatoms. The van der Waals surface area contributed by atoms with Gasteiger partial charge in [-0.2, -0.15) is 0 Å². The quantitative estimate of drug-likeness (QED) is 0.581. The van der Waals surface area contributed by atoms with E-state index in [4.69, 9.17) is 0 Å². The summed E-state index contributed by atoms with van der Waals surface area (Å²) in [5.41, 5.74) is 0. The number of amides is 1. The smallest absolute Gasteiger partial charge is 0.220 e. The van der Waals surface area contributed by atoms with Crippen LogP contribution in [-0.4, -0.2) is 50.5 Å². The maximum Gasteiger partial charge on any atom is 0.220 e. The number of piperidine rings is 1. The van der Waals surface area contributed by atoms with Crippen molar-refractivity contribution in [2.24, 2.45) is 16.8 Å². The molecule has 1 rings (SSSR count). The minimum Gasteiger partial charge on any atom is -0.359 e. The molecular weight excluding hydrogens is 264 g/mol. The lowest BCUT2D eigenvalue weighted by Crippen LogP contribution is -2.47. The molecule has 0 aromatic carbocycles. The van der Waals surface area contributed by atoms with Gasteiger partial charge in [-0.15, -0.1) is 0 Å². The van der Waals surface area contributed by atoms with Crippen LogP contribution in [0.25, 0.3) is 0 Å². The topological polar surface area (TPSA) is 56.7 Å². The third kappa shape index (κ3) is 5.94. The summed E-state index contributed by atoms with van der Waals surface area (Å²) in [5, 5.41) is 6.22. The van der Waals surface area contributed by atoms with Gasteiger partial charge in [0.05, 0.1) is 0 Å². The summed E-state index contributed by atoms with van der Waals surface area (Å²) in [6, 6.07) is 0. The lowest BCUT2D eigenvalue weighted by Gasteiger charge is -2.34. The predicted octanol–water partition coefficient (Wildman–Crippen LogP) is 1.85. The molecule has 0 radical (unpaired) electrons. The number of guanidine groups is 1. The summed E-state index contributed by atoms with van der Waals surface area (Å²) in [7, 11) is 3.56. The van der Waals surface area contributed by atoms with Crippen molar-refractivity contribution in [1.82, 2.24) is 15.5 Å². The summed E-state index contributed by atoms with van der Waals surface area (Å²) in [5.74, 6) is 2.40. The normalized spacial score (nSPS) is 17.2. The molecule has 122 valence electrons. The van der Waals surface area contributed by atoms with Crippen LogP contribution in [0.4, 0.5) is 0 Å². The van der Waals surface area contributed by atoms with Crippen LogP contribution in [0.1, 0.15) is 46.0 Å². The molecule has 2 N–H and O–H groups in total. The molecule has 0 bridgehead atoms. The van der Waals surface area contributed by atoms with Crippen LogP contribution in [0, 0.1) is 11.8 Å². The molecule has 5 nitrogen and oxygen atoms in total. The van der Waals surface area contributed by atoms with E-state index in [-0.39, 0.29) is 5.91 Å². The van der Waals surface area contributed by atoms with E-state index in [0.717, 1.165) is 38.4 Å². The van der Waals surface area contributed by atoms with Gasteiger partial charge in [-0.25, -0.2) is 0 Å². The first kappa shape index (κ1) is 17.8. The minimum atomic E-state index is 0.157. The molecule has 0 aromatic rings. The van der Waals surface area contributed by atoms with Crippen molar-refractivity contribution < 1.29 is 4.79 Å². The van der Waals surface area contributed by atoms with Gasteiger partial charge in [0.15, 0.2) is 5.96 Å². The second kappa shape index (κ2) is 9.64. The largest absolute Gasteiger partial charge is 0.359 e. The summed E-state index contributed by atoms with van der Waals surface area (Å²) < 4.78 is 0. The lowest BCUT2D eigenvalue weighted by molar-refractivity contribution is -0.121. The van der Waals surface area contributed by atoms with E-state index in [1.165, 1.54) is 12.8 Å². The Labute approximate surface area is 129 Å². The van der Waals surface area contributed by atoms with Gasteiger partial charge in [0, 0.05) is 40.2 Å². The van der Waals surface area contributed by atoms with Crippen LogP contribution in [-0.2, 0) is 4.79 Å². The van der Waals surface area contributed by atoms with Crippen molar-refractivity contribution >= 4 is 11.9 Å². The van der Waals surface area contributed by atoms with E-state index in [1.807, 2.05) is 7.05 Å². The van der Waals surface area contributed by atoms with E-state index in [1.54, 1.807) is 7.05 Å². The summed E-state index contributed by atoms with van der Waals surface area (Å²) in [4.78, 5) is 18.2. The maximum atomic E-state index is 11.4. The zero-order valence-corrected chi connectivity index (χ0v) is 14.1. The average molecular weight is 296 g/mol. The summed E-state index contributed by atoms with van der Waals surface area (Å²) in [6.45, 7) is 7.46. The molecule has 0 spiro atoms. The number of carbonyl (C=O) groups is 1. The Bertz CT molecular complexity index is 331. The number of nitrogens with zero attached hydrogens (tertiary/aromatic N) is 2. The fourth-order valence-electron chi connectivity index (χ4n) is 2.86. The minimum absolute atomic E-state index is 0.157. The SMILES string of the molecule is CCC(CC)CNC(=NC)N1CCC(CC(=O)NC)CC1. The Hall–Kier alpha value is -1.26. The fraction of sp³-hybridized carbons (Fsp3) is 0.875. The Balaban J connectivity index is 2.38. The second-order valence-corrected chi connectivity index (χ2v) is 5.92. The van der Waals surface area contributed by atoms with Crippen LogP contribution in [0.3, 0.4) is 0 Å². The van der Waals surface area contributed by atoms with Crippen LogP contribution in [0.15, 0.2) is 4.99 Å². The molecule has 21 heavy (non-hydrogen) atoms. The molecule has 0 aromatic heterocycles. The van der Waals surface area contributed by atoms with Crippen molar-refractivity contribution in [2.45, 2.75) is 46.0 Å². The Morgan fingerprint density at radius 3 is 2.38 bits per heavy atom. The molecule has 1 fully saturated rings. The number of carbonyl (C=O) groups excluding carboxylic acids is 1. The van der Waals surface area contributed by atoms with Crippen LogP contribution < -0.4 is 10.6 Å². The number of hydrogen-bond acceptors (Lipinski definition) is 2. The second-order valence-electron chi connectivity index (χ2n) is 5.92. The third-order valence-corrected chi connectivity index (χ3v) is 4.58. The van der Waals surface area contributed by atoms with E-state index >= 15 is 0 Å². The van der Waals surface area contributed by atoms with E-state index < -0.39 is 0 Å². The molecule has 1 heterocycles. The zero-order valence-electron chi connectivity index (χ0n) is 14.1. The monoisotopic (exact) mass is 296 g/mol. The number of likely N-dealkylation sites (tertiary alicyclic amines) is 1. The molecular formula is C16H32N4O. The van der Waals surface area contributed by atoms with Crippen molar-refractivity contribution in [2.75, 3.05) is 33.7 Å². The molecule has 0 atom stereocenters. The van der Waals surface area contributed by atoms with Crippen molar-refractivity contribution in [3.05, 3.63) is 0 Å². The summed E-state index contributed by atoms with van der Waals surface area (Å²) in [6.07, 6.45) is 5.20. The first-order valence-corrected chi connectivity index (χ1v) is 8.30.